The van der Waals surface area contributed by atoms with Crippen LogP contribution >= 0.6 is 0 Å². The lowest BCUT2D eigenvalue weighted by Gasteiger charge is -1.89. The molecule has 1 atom stereocenters. The fourth-order valence-electron chi connectivity index (χ4n) is 0.887. The second-order valence-corrected chi connectivity index (χ2v) is 2.09. The summed E-state index contributed by atoms with van der Waals surface area (Å²) in [5, 5.41) is 8.85. The van der Waals surface area contributed by atoms with Crippen LogP contribution in [0.15, 0.2) is 11.6 Å². The van der Waals surface area contributed by atoms with Crippen molar-refractivity contribution < 1.29 is 9.90 Å². The van der Waals surface area contributed by atoms with Crippen molar-refractivity contribution in [3.8, 4) is 0 Å². The van der Waals surface area contributed by atoms with Gasteiger partial charge in [0.25, 0.3) is 0 Å². The minimum Gasteiger partial charge on any atom is -0.389 e. The molecule has 0 amide bonds. The summed E-state index contributed by atoms with van der Waals surface area (Å²) in [6.07, 6.45) is 1.14. The Balaban J connectivity index is 2.68. The number of aliphatic hydroxyl groups excluding tert-OH is 1. The summed E-state index contributed by atoms with van der Waals surface area (Å²) in [4.78, 5) is 10.7. The average Bonchev–Trinajstić information content (AvgIpc) is 2.10. The molecule has 0 saturated heterocycles. The molecule has 9 heavy (non-hydrogen) atoms. The van der Waals surface area contributed by atoms with Crippen molar-refractivity contribution in [1.29, 1.82) is 0 Å². The highest BCUT2D eigenvalue weighted by Gasteiger charge is 2.20. The largest absolute Gasteiger partial charge is 0.389 e. The fourth-order valence-corrected chi connectivity index (χ4v) is 0.887. The summed E-state index contributed by atoms with van der Waals surface area (Å²) in [6.45, 7) is 0.246. The Morgan fingerprint density at radius 3 is 2.78 bits per heavy atom. The van der Waals surface area contributed by atoms with Crippen LogP contribution in [0.4, 0.5) is 0 Å². The van der Waals surface area contributed by atoms with Crippen LogP contribution < -0.4 is 5.73 Å². The van der Waals surface area contributed by atoms with E-state index in [1.807, 2.05) is 0 Å². The minimum absolute atomic E-state index is 0.0231. The van der Waals surface area contributed by atoms with Gasteiger partial charge in [-0.1, -0.05) is 0 Å². The van der Waals surface area contributed by atoms with E-state index in [0.29, 0.717) is 5.57 Å². The number of nitrogens with two attached hydrogens (primary N) is 1. The Labute approximate surface area is 53.2 Å². The first-order valence-electron chi connectivity index (χ1n) is 2.86. The fraction of sp³-hybridized carbons (Fsp3) is 0.500. The molecule has 3 N–H and O–H groups in total. The first-order valence-corrected chi connectivity index (χ1v) is 2.86. The Morgan fingerprint density at radius 1 is 1.89 bits per heavy atom. The van der Waals surface area contributed by atoms with Gasteiger partial charge in [0.2, 0.25) is 0 Å². The molecule has 0 heterocycles. The molecule has 0 saturated carbocycles. The molecule has 1 aliphatic carbocycles. The lowest BCUT2D eigenvalue weighted by Crippen LogP contribution is -2.08. The maximum absolute atomic E-state index is 10.7. The Bertz CT molecular complexity index is 162. The second-order valence-electron chi connectivity index (χ2n) is 2.09. The van der Waals surface area contributed by atoms with E-state index >= 15 is 0 Å². The van der Waals surface area contributed by atoms with Gasteiger partial charge in [0.05, 0.1) is 6.10 Å². The summed E-state index contributed by atoms with van der Waals surface area (Å²) in [7, 11) is 0. The SMILES string of the molecule is NCC1=CC(O)CC1=O. The lowest BCUT2D eigenvalue weighted by molar-refractivity contribution is -0.115. The van der Waals surface area contributed by atoms with Gasteiger partial charge in [-0.05, 0) is 6.08 Å². The van der Waals surface area contributed by atoms with Crippen LogP contribution in [-0.4, -0.2) is 23.5 Å². The van der Waals surface area contributed by atoms with Crippen molar-refractivity contribution in [2.75, 3.05) is 6.54 Å². The van der Waals surface area contributed by atoms with E-state index < -0.39 is 6.10 Å². The van der Waals surface area contributed by atoms with Gasteiger partial charge in [0.1, 0.15) is 0 Å². The molecule has 1 rings (SSSR count). The number of rotatable bonds is 1. The number of Topliss-reactive ketones (excluding diaryl/α,β-unsaturated/α-hetero) is 1. The molecular weight excluding hydrogens is 118 g/mol. The number of carbonyl (C=O) groups excluding carboxylic acids is 1. The van der Waals surface area contributed by atoms with Crippen LogP contribution in [0.25, 0.3) is 0 Å². The predicted octanol–water partition coefficient (Wildman–Crippen LogP) is -0.795. The topological polar surface area (TPSA) is 63.3 Å². The molecule has 0 fully saturated rings. The molecule has 0 aromatic carbocycles. The van der Waals surface area contributed by atoms with Gasteiger partial charge >= 0.3 is 0 Å². The number of aliphatic hydroxyl groups is 1. The smallest absolute Gasteiger partial charge is 0.162 e. The Hall–Kier alpha value is -0.670. The maximum atomic E-state index is 10.7. The lowest BCUT2D eigenvalue weighted by atomic mass is 10.2. The van der Waals surface area contributed by atoms with Gasteiger partial charge in [-0.25, -0.2) is 0 Å². The molecule has 50 valence electrons. The first kappa shape index (κ1) is 6.45. The highest BCUT2D eigenvalue weighted by atomic mass is 16.3. The highest BCUT2D eigenvalue weighted by Crippen LogP contribution is 2.12. The number of hydrogen-bond acceptors (Lipinski definition) is 3. The van der Waals surface area contributed by atoms with E-state index in [4.69, 9.17) is 10.8 Å². The zero-order chi connectivity index (χ0) is 6.85. The second kappa shape index (κ2) is 2.29. The van der Waals surface area contributed by atoms with Gasteiger partial charge in [0.15, 0.2) is 5.78 Å². The van der Waals surface area contributed by atoms with E-state index in [1.165, 1.54) is 6.08 Å². The van der Waals surface area contributed by atoms with Gasteiger partial charge < -0.3 is 10.8 Å². The van der Waals surface area contributed by atoms with Crippen LogP contribution in [0.1, 0.15) is 6.42 Å². The monoisotopic (exact) mass is 127 g/mol. The van der Waals surface area contributed by atoms with Crippen LogP contribution in [0, 0.1) is 0 Å². The van der Waals surface area contributed by atoms with Crippen molar-refractivity contribution >= 4 is 5.78 Å². The van der Waals surface area contributed by atoms with E-state index in [-0.39, 0.29) is 18.7 Å². The Morgan fingerprint density at radius 2 is 2.56 bits per heavy atom. The van der Waals surface area contributed by atoms with Crippen molar-refractivity contribution in [3.63, 3.8) is 0 Å². The molecule has 0 aliphatic heterocycles. The summed E-state index contributed by atoms with van der Waals surface area (Å²) >= 11 is 0. The zero-order valence-electron chi connectivity index (χ0n) is 5.00. The normalized spacial score (nSPS) is 26.7. The van der Waals surface area contributed by atoms with Gasteiger partial charge in [-0.2, -0.15) is 0 Å². The molecule has 0 bridgehead atoms. The maximum Gasteiger partial charge on any atom is 0.162 e. The summed E-state index contributed by atoms with van der Waals surface area (Å²) in [5.74, 6) is -0.0231. The number of hydrogen-bond donors (Lipinski definition) is 2. The number of ketones is 1. The molecule has 0 aromatic heterocycles. The third-order valence-corrected chi connectivity index (χ3v) is 1.37. The third-order valence-electron chi connectivity index (χ3n) is 1.37. The molecular formula is C6H9NO2. The van der Waals surface area contributed by atoms with Crippen LogP contribution in [-0.2, 0) is 4.79 Å². The zero-order valence-corrected chi connectivity index (χ0v) is 5.00. The van der Waals surface area contributed by atoms with E-state index in [1.54, 1.807) is 0 Å². The molecule has 1 aliphatic rings. The van der Waals surface area contributed by atoms with Crippen molar-refractivity contribution in [2.45, 2.75) is 12.5 Å². The van der Waals surface area contributed by atoms with Crippen LogP contribution in [0.5, 0.6) is 0 Å². The Kier molecular flexibility index (Phi) is 1.64. The molecule has 1 unspecified atom stereocenters. The van der Waals surface area contributed by atoms with E-state index in [2.05, 4.69) is 0 Å². The summed E-state index contributed by atoms with van der Waals surface area (Å²) in [5.41, 5.74) is 5.74. The number of carbonyl (C=O) groups is 1. The van der Waals surface area contributed by atoms with Gasteiger partial charge in [-0.15, -0.1) is 0 Å². The molecule has 3 nitrogen and oxygen atoms in total. The third kappa shape index (κ3) is 1.17. The van der Waals surface area contributed by atoms with E-state index in [9.17, 15) is 4.79 Å². The van der Waals surface area contributed by atoms with Crippen molar-refractivity contribution in [2.24, 2.45) is 5.73 Å². The van der Waals surface area contributed by atoms with Gasteiger partial charge in [-0.3, -0.25) is 4.79 Å². The highest BCUT2D eigenvalue weighted by molar-refractivity contribution is 5.98. The molecule has 0 aromatic rings. The van der Waals surface area contributed by atoms with Crippen LogP contribution in [0.3, 0.4) is 0 Å². The average molecular weight is 127 g/mol. The minimum atomic E-state index is -0.587. The molecule has 0 radical (unpaired) electrons. The molecule has 3 heteroatoms. The van der Waals surface area contributed by atoms with Crippen LogP contribution in [0.2, 0.25) is 0 Å². The predicted molar refractivity (Wildman–Crippen MR) is 32.8 cm³/mol. The summed E-state index contributed by atoms with van der Waals surface area (Å²) in [6, 6.07) is 0. The van der Waals surface area contributed by atoms with Crippen molar-refractivity contribution in [1.82, 2.24) is 0 Å². The molecule has 0 spiro atoms. The standard InChI is InChI=1S/C6H9NO2/c7-3-4-1-5(8)2-6(4)9/h1,5,8H,2-3,7H2. The summed E-state index contributed by atoms with van der Waals surface area (Å²) < 4.78 is 0. The van der Waals surface area contributed by atoms with E-state index in [0.717, 1.165) is 0 Å². The first-order chi connectivity index (χ1) is 4.24. The van der Waals surface area contributed by atoms with Gasteiger partial charge in [0, 0.05) is 18.5 Å². The van der Waals surface area contributed by atoms with Crippen molar-refractivity contribution in [3.05, 3.63) is 11.6 Å². The quantitative estimate of drug-likeness (QED) is 0.485.